The minimum atomic E-state index is -0.132. The SMILES string of the molecule is CCCc1cc(C(=O)N(C)C(C)c2cncs2)no1. The lowest BCUT2D eigenvalue weighted by Crippen LogP contribution is -2.29. The molecule has 2 aromatic rings. The zero-order valence-electron chi connectivity index (χ0n) is 11.3. The Morgan fingerprint density at radius 3 is 3.00 bits per heavy atom. The molecule has 0 bridgehead atoms. The van der Waals surface area contributed by atoms with Gasteiger partial charge in [0.1, 0.15) is 5.76 Å². The molecule has 0 aliphatic heterocycles. The average molecular weight is 279 g/mol. The summed E-state index contributed by atoms with van der Waals surface area (Å²) in [7, 11) is 1.76. The maximum atomic E-state index is 12.3. The molecule has 2 heterocycles. The van der Waals surface area contributed by atoms with Crippen LogP contribution in [0.25, 0.3) is 0 Å². The topological polar surface area (TPSA) is 59.2 Å². The van der Waals surface area contributed by atoms with Crippen molar-refractivity contribution in [3.05, 3.63) is 34.1 Å². The van der Waals surface area contributed by atoms with Gasteiger partial charge in [-0.1, -0.05) is 12.1 Å². The van der Waals surface area contributed by atoms with Crippen molar-refractivity contribution in [1.82, 2.24) is 15.0 Å². The van der Waals surface area contributed by atoms with Crippen molar-refractivity contribution in [3.63, 3.8) is 0 Å². The molecule has 0 radical (unpaired) electrons. The third-order valence-corrected chi connectivity index (χ3v) is 3.98. The number of thiazole rings is 1. The van der Waals surface area contributed by atoms with Gasteiger partial charge >= 0.3 is 0 Å². The van der Waals surface area contributed by atoms with E-state index in [1.54, 1.807) is 29.7 Å². The minimum Gasteiger partial charge on any atom is -0.361 e. The number of hydrogen-bond donors (Lipinski definition) is 0. The summed E-state index contributed by atoms with van der Waals surface area (Å²) in [5.74, 6) is 0.622. The van der Waals surface area contributed by atoms with Gasteiger partial charge < -0.3 is 9.42 Å². The van der Waals surface area contributed by atoms with E-state index < -0.39 is 0 Å². The number of amides is 1. The molecule has 0 aliphatic rings. The molecule has 1 atom stereocenters. The Hall–Kier alpha value is -1.69. The zero-order valence-corrected chi connectivity index (χ0v) is 12.1. The predicted molar refractivity (Wildman–Crippen MR) is 73.1 cm³/mol. The number of carbonyl (C=O) groups is 1. The van der Waals surface area contributed by atoms with Crippen molar-refractivity contribution < 1.29 is 9.32 Å². The number of nitrogens with zero attached hydrogens (tertiary/aromatic N) is 3. The Morgan fingerprint density at radius 1 is 1.58 bits per heavy atom. The van der Waals surface area contributed by atoms with E-state index in [4.69, 9.17) is 4.52 Å². The van der Waals surface area contributed by atoms with Gasteiger partial charge in [-0.15, -0.1) is 11.3 Å². The first kappa shape index (κ1) is 13.7. The lowest BCUT2D eigenvalue weighted by molar-refractivity contribution is 0.0734. The highest BCUT2D eigenvalue weighted by Crippen LogP contribution is 2.23. The molecule has 0 fully saturated rings. The smallest absolute Gasteiger partial charge is 0.276 e. The fourth-order valence-corrected chi connectivity index (χ4v) is 2.48. The Kier molecular flexibility index (Phi) is 4.31. The Bertz CT molecular complexity index is 536. The van der Waals surface area contributed by atoms with Crippen LogP contribution in [0.3, 0.4) is 0 Å². The van der Waals surface area contributed by atoms with E-state index in [2.05, 4.69) is 17.1 Å². The van der Waals surface area contributed by atoms with Crippen molar-refractivity contribution in [3.8, 4) is 0 Å². The van der Waals surface area contributed by atoms with Crippen molar-refractivity contribution in [2.24, 2.45) is 0 Å². The summed E-state index contributed by atoms with van der Waals surface area (Å²) in [6.45, 7) is 4.03. The van der Waals surface area contributed by atoms with Gasteiger partial charge in [-0.25, -0.2) is 0 Å². The zero-order chi connectivity index (χ0) is 13.8. The van der Waals surface area contributed by atoms with Crippen molar-refractivity contribution >= 4 is 17.2 Å². The molecule has 0 spiro atoms. The molecule has 1 unspecified atom stereocenters. The Balaban J connectivity index is 2.09. The largest absolute Gasteiger partial charge is 0.361 e. The van der Waals surface area contributed by atoms with Gasteiger partial charge in [0.25, 0.3) is 5.91 Å². The molecule has 5 nitrogen and oxygen atoms in total. The van der Waals surface area contributed by atoms with Gasteiger partial charge in [0.15, 0.2) is 5.69 Å². The summed E-state index contributed by atoms with van der Waals surface area (Å²) < 4.78 is 5.14. The molecule has 0 saturated carbocycles. The number of aryl methyl sites for hydroxylation is 1. The van der Waals surface area contributed by atoms with E-state index in [1.165, 1.54) is 11.3 Å². The number of aromatic nitrogens is 2. The third-order valence-electron chi connectivity index (χ3n) is 3.04. The molecule has 2 aromatic heterocycles. The average Bonchev–Trinajstić information content (AvgIpc) is 3.07. The molecular formula is C13H17N3O2S. The van der Waals surface area contributed by atoms with Crippen LogP contribution in [0.2, 0.25) is 0 Å². The number of hydrogen-bond acceptors (Lipinski definition) is 5. The fourth-order valence-electron chi connectivity index (χ4n) is 1.76. The van der Waals surface area contributed by atoms with E-state index >= 15 is 0 Å². The highest BCUT2D eigenvalue weighted by Gasteiger charge is 2.22. The second-order valence-electron chi connectivity index (χ2n) is 4.42. The van der Waals surface area contributed by atoms with Crippen LogP contribution in [0, 0.1) is 0 Å². The van der Waals surface area contributed by atoms with Crippen LogP contribution in [0.1, 0.15) is 47.4 Å². The summed E-state index contributed by atoms with van der Waals surface area (Å²) in [6, 6.07) is 1.70. The van der Waals surface area contributed by atoms with E-state index in [9.17, 15) is 4.79 Å². The second kappa shape index (κ2) is 5.97. The van der Waals surface area contributed by atoms with Crippen LogP contribution in [0.4, 0.5) is 0 Å². The fraction of sp³-hybridized carbons (Fsp3) is 0.462. The summed E-state index contributed by atoms with van der Waals surface area (Å²) in [6.07, 6.45) is 3.55. The van der Waals surface area contributed by atoms with Crippen molar-refractivity contribution in [1.29, 1.82) is 0 Å². The van der Waals surface area contributed by atoms with Crippen LogP contribution in [0.15, 0.2) is 22.3 Å². The lowest BCUT2D eigenvalue weighted by Gasteiger charge is -2.22. The predicted octanol–water partition coefficient (Wildman–Crippen LogP) is 2.92. The molecule has 102 valence electrons. The van der Waals surface area contributed by atoms with Crippen LogP contribution in [-0.4, -0.2) is 28.0 Å². The first-order valence-corrected chi connectivity index (χ1v) is 7.12. The summed E-state index contributed by atoms with van der Waals surface area (Å²) >= 11 is 1.54. The summed E-state index contributed by atoms with van der Waals surface area (Å²) in [5, 5.41) is 3.84. The first-order valence-electron chi connectivity index (χ1n) is 6.24. The van der Waals surface area contributed by atoms with Crippen molar-refractivity contribution in [2.45, 2.75) is 32.7 Å². The molecule has 0 aromatic carbocycles. The maximum absolute atomic E-state index is 12.3. The monoisotopic (exact) mass is 279 g/mol. The molecule has 6 heteroatoms. The van der Waals surface area contributed by atoms with Gasteiger partial charge in [-0.2, -0.15) is 0 Å². The standard InChI is InChI=1S/C13H17N3O2S/c1-4-5-10-6-11(15-18-10)13(17)16(3)9(2)12-7-14-8-19-12/h6-9H,4-5H2,1-3H3. The number of carbonyl (C=O) groups excluding carboxylic acids is 1. The molecule has 0 saturated heterocycles. The molecule has 0 aliphatic carbocycles. The molecule has 2 rings (SSSR count). The van der Waals surface area contributed by atoms with Crippen LogP contribution in [-0.2, 0) is 6.42 Å². The number of rotatable bonds is 5. The Morgan fingerprint density at radius 2 is 2.37 bits per heavy atom. The van der Waals surface area contributed by atoms with E-state index in [1.807, 2.05) is 6.92 Å². The minimum absolute atomic E-state index is 0.0219. The van der Waals surface area contributed by atoms with Crippen LogP contribution < -0.4 is 0 Å². The molecule has 1 amide bonds. The normalized spacial score (nSPS) is 12.4. The third kappa shape index (κ3) is 3.01. The summed E-state index contributed by atoms with van der Waals surface area (Å²) in [4.78, 5) is 19.0. The van der Waals surface area contributed by atoms with Crippen LogP contribution in [0.5, 0.6) is 0 Å². The lowest BCUT2D eigenvalue weighted by atomic mass is 10.2. The van der Waals surface area contributed by atoms with Crippen molar-refractivity contribution in [2.75, 3.05) is 7.05 Å². The van der Waals surface area contributed by atoms with E-state index in [-0.39, 0.29) is 11.9 Å². The van der Waals surface area contributed by atoms with Gasteiger partial charge in [-0.3, -0.25) is 9.78 Å². The summed E-state index contributed by atoms with van der Waals surface area (Å²) in [5.41, 5.74) is 2.13. The quantitative estimate of drug-likeness (QED) is 0.844. The highest BCUT2D eigenvalue weighted by atomic mass is 32.1. The van der Waals surface area contributed by atoms with Gasteiger partial charge in [0.2, 0.25) is 0 Å². The Labute approximate surface area is 116 Å². The van der Waals surface area contributed by atoms with Gasteiger partial charge in [0.05, 0.1) is 11.6 Å². The first-order chi connectivity index (χ1) is 9.13. The van der Waals surface area contributed by atoms with Crippen LogP contribution >= 0.6 is 11.3 Å². The van der Waals surface area contributed by atoms with E-state index in [0.29, 0.717) is 5.69 Å². The van der Waals surface area contributed by atoms with Gasteiger partial charge in [-0.05, 0) is 13.3 Å². The van der Waals surface area contributed by atoms with E-state index in [0.717, 1.165) is 23.5 Å². The molecule has 0 N–H and O–H groups in total. The molecule has 19 heavy (non-hydrogen) atoms. The van der Waals surface area contributed by atoms with Gasteiger partial charge in [0, 0.05) is 30.6 Å². The maximum Gasteiger partial charge on any atom is 0.276 e. The second-order valence-corrected chi connectivity index (χ2v) is 5.34. The highest BCUT2D eigenvalue weighted by molar-refractivity contribution is 7.09. The molecular weight excluding hydrogens is 262 g/mol.